The summed E-state index contributed by atoms with van der Waals surface area (Å²) in [5.74, 6) is 0.732. The van der Waals surface area contributed by atoms with Gasteiger partial charge in [-0.25, -0.2) is 4.68 Å². The van der Waals surface area contributed by atoms with Gasteiger partial charge < -0.3 is 15.2 Å². The van der Waals surface area contributed by atoms with Gasteiger partial charge in [-0.3, -0.25) is 9.78 Å². The number of H-pyrrole nitrogens is 1. The molecule has 9 heteroatoms. The van der Waals surface area contributed by atoms with Crippen LogP contribution in [-0.4, -0.2) is 54.1 Å². The van der Waals surface area contributed by atoms with Crippen LogP contribution in [0.3, 0.4) is 0 Å². The molecular formula is C23H27N7O2. The van der Waals surface area contributed by atoms with Crippen LogP contribution in [0.15, 0.2) is 24.4 Å². The van der Waals surface area contributed by atoms with E-state index in [0.29, 0.717) is 19.6 Å². The minimum absolute atomic E-state index is 0.0346. The summed E-state index contributed by atoms with van der Waals surface area (Å²) in [5, 5.41) is 30.7. The molecule has 3 N–H and O–H groups in total. The molecule has 1 atom stereocenters. The molecule has 0 radical (unpaired) electrons. The van der Waals surface area contributed by atoms with Gasteiger partial charge in [0.15, 0.2) is 0 Å². The SMILES string of the molecule is Cc1nn(CCO)c2c1/C=C/c1n[nH]c3ccc(cc13)-c1cnn(C)c1O[C@@H](C)CNC2. The molecule has 0 aliphatic carbocycles. The molecule has 9 nitrogen and oxygen atoms in total. The standard InChI is InChI=1S/C23H27N7O2/c1-14-11-24-13-22-17(15(2)28-30(22)8-9-31)5-7-21-18-10-16(4-6-20(18)26-27-21)19-12-25-29(3)23(19)32-14/h4-7,10,12,14,24,31H,8-9,11,13H2,1-3H3,(H,26,27)/b7-5+/t14-/m0/s1. The number of aliphatic hydroxyl groups is 1. The van der Waals surface area contributed by atoms with Crippen molar-refractivity contribution in [1.82, 2.24) is 35.1 Å². The van der Waals surface area contributed by atoms with Crippen LogP contribution >= 0.6 is 0 Å². The zero-order chi connectivity index (χ0) is 22.2. The van der Waals surface area contributed by atoms with Crippen molar-refractivity contribution in [1.29, 1.82) is 0 Å². The maximum Gasteiger partial charge on any atom is 0.219 e. The highest BCUT2D eigenvalue weighted by molar-refractivity contribution is 5.93. The van der Waals surface area contributed by atoms with Crippen molar-refractivity contribution in [3.05, 3.63) is 47.0 Å². The lowest BCUT2D eigenvalue weighted by Crippen LogP contribution is -2.30. The molecule has 0 saturated carbocycles. The molecule has 4 heterocycles. The van der Waals surface area contributed by atoms with Crippen molar-refractivity contribution >= 4 is 23.1 Å². The van der Waals surface area contributed by atoms with E-state index >= 15 is 0 Å². The first-order valence-corrected chi connectivity index (χ1v) is 10.8. The van der Waals surface area contributed by atoms with Crippen LogP contribution in [0.1, 0.15) is 29.6 Å². The van der Waals surface area contributed by atoms with Crippen LogP contribution in [0, 0.1) is 6.92 Å². The summed E-state index contributed by atoms with van der Waals surface area (Å²) in [6, 6.07) is 6.21. The van der Waals surface area contributed by atoms with Gasteiger partial charge in [0, 0.05) is 31.1 Å². The Bertz CT molecular complexity index is 1300. The van der Waals surface area contributed by atoms with Crippen LogP contribution < -0.4 is 10.1 Å². The molecule has 5 rings (SSSR count). The Morgan fingerprint density at radius 2 is 2.16 bits per heavy atom. The summed E-state index contributed by atoms with van der Waals surface area (Å²) in [6.45, 7) is 5.77. The Morgan fingerprint density at radius 3 is 3.00 bits per heavy atom. The fourth-order valence-corrected chi connectivity index (χ4v) is 4.21. The lowest BCUT2D eigenvalue weighted by molar-refractivity contribution is 0.199. The van der Waals surface area contributed by atoms with Gasteiger partial charge in [-0.15, -0.1) is 0 Å². The number of hydrogen-bond donors (Lipinski definition) is 3. The topological polar surface area (TPSA) is 106 Å². The highest BCUT2D eigenvalue weighted by Crippen LogP contribution is 2.33. The fraction of sp³-hybridized carbons (Fsp3) is 0.348. The number of aromatic nitrogens is 6. The molecule has 0 saturated heterocycles. The van der Waals surface area contributed by atoms with Gasteiger partial charge in [0.1, 0.15) is 6.10 Å². The molecule has 0 unspecified atom stereocenters. The Hall–Kier alpha value is -3.43. The summed E-state index contributed by atoms with van der Waals surface area (Å²) in [7, 11) is 1.89. The van der Waals surface area contributed by atoms with Crippen molar-refractivity contribution in [2.24, 2.45) is 7.05 Å². The van der Waals surface area contributed by atoms with E-state index in [2.05, 4.69) is 43.9 Å². The van der Waals surface area contributed by atoms with Crippen molar-refractivity contribution in [3.63, 3.8) is 0 Å². The lowest BCUT2D eigenvalue weighted by Gasteiger charge is -2.17. The van der Waals surface area contributed by atoms with Crippen molar-refractivity contribution < 1.29 is 9.84 Å². The molecule has 3 aromatic heterocycles. The highest BCUT2D eigenvalue weighted by Gasteiger charge is 2.18. The predicted octanol–water partition coefficient (Wildman–Crippen LogP) is 2.50. The molecular weight excluding hydrogens is 406 g/mol. The molecule has 1 aromatic carbocycles. The van der Waals surface area contributed by atoms with Crippen LogP contribution in [0.25, 0.3) is 34.2 Å². The summed E-state index contributed by atoms with van der Waals surface area (Å²) in [4.78, 5) is 0. The number of aliphatic hydroxyl groups excluding tert-OH is 1. The fourth-order valence-electron chi connectivity index (χ4n) is 4.21. The third-order valence-corrected chi connectivity index (χ3v) is 5.83. The predicted molar refractivity (Wildman–Crippen MR) is 123 cm³/mol. The van der Waals surface area contributed by atoms with Crippen LogP contribution in [0.2, 0.25) is 0 Å². The number of hydrogen-bond acceptors (Lipinski definition) is 6. The van der Waals surface area contributed by atoms with E-state index in [1.807, 2.05) is 43.9 Å². The van der Waals surface area contributed by atoms with Crippen LogP contribution in [-0.2, 0) is 20.1 Å². The smallest absolute Gasteiger partial charge is 0.219 e. The molecule has 4 aromatic rings. The minimum Gasteiger partial charge on any atom is -0.473 e. The monoisotopic (exact) mass is 433 g/mol. The third kappa shape index (κ3) is 3.59. The molecule has 0 amide bonds. The van der Waals surface area contributed by atoms with Crippen molar-refractivity contribution in [3.8, 4) is 17.0 Å². The zero-order valence-electron chi connectivity index (χ0n) is 18.5. The maximum absolute atomic E-state index is 9.49. The average Bonchev–Trinajstić information content (AvgIpc) is 3.43. The normalized spacial score (nSPS) is 17.4. The van der Waals surface area contributed by atoms with E-state index in [9.17, 15) is 5.11 Å². The Kier molecular flexibility index (Phi) is 5.28. The lowest BCUT2D eigenvalue weighted by atomic mass is 10.0. The molecule has 32 heavy (non-hydrogen) atoms. The maximum atomic E-state index is 9.49. The van der Waals surface area contributed by atoms with Gasteiger partial charge in [0.2, 0.25) is 5.88 Å². The highest BCUT2D eigenvalue weighted by atomic mass is 16.5. The quantitative estimate of drug-likeness (QED) is 0.449. The van der Waals surface area contributed by atoms with E-state index < -0.39 is 0 Å². The van der Waals surface area contributed by atoms with E-state index in [4.69, 9.17) is 4.74 Å². The minimum atomic E-state index is -0.0724. The zero-order valence-corrected chi connectivity index (χ0v) is 18.5. The summed E-state index contributed by atoms with van der Waals surface area (Å²) in [5.41, 5.74) is 6.77. The second-order valence-corrected chi connectivity index (χ2v) is 8.14. The molecule has 0 spiro atoms. The van der Waals surface area contributed by atoms with E-state index in [-0.39, 0.29) is 12.7 Å². The first kappa shape index (κ1) is 20.5. The summed E-state index contributed by atoms with van der Waals surface area (Å²) < 4.78 is 9.93. The van der Waals surface area contributed by atoms with Gasteiger partial charge in [-0.05, 0) is 43.7 Å². The number of nitrogens with one attached hydrogen (secondary N) is 2. The third-order valence-electron chi connectivity index (χ3n) is 5.83. The van der Waals surface area contributed by atoms with Crippen molar-refractivity contribution in [2.75, 3.05) is 13.2 Å². The number of ether oxygens (including phenoxy) is 1. The molecule has 2 bridgehead atoms. The van der Waals surface area contributed by atoms with Gasteiger partial charge in [0.05, 0.1) is 47.5 Å². The van der Waals surface area contributed by atoms with E-state index in [1.54, 1.807) is 4.68 Å². The summed E-state index contributed by atoms with van der Waals surface area (Å²) in [6.07, 6.45) is 5.84. The number of fused-ring (bicyclic) bond motifs is 4. The van der Waals surface area contributed by atoms with Gasteiger partial charge in [-0.2, -0.15) is 15.3 Å². The average molecular weight is 434 g/mol. The largest absolute Gasteiger partial charge is 0.473 e. The van der Waals surface area contributed by atoms with Gasteiger partial charge in [-0.1, -0.05) is 6.07 Å². The number of aryl methyl sites for hydroxylation is 2. The van der Waals surface area contributed by atoms with Crippen molar-refractivity contribution in [2.45, 2.75) is 33.0 Å². The van der Waals surface area contributed by atoms with E-state index in [0.717, 1.165) is 50.6 Å². The summed E-state index contributed by atoms with van der Waals surface area (Å²) >= 11 is 0. The number of rotatable bonds is 2. The molecule has 1 aliphatic rings. The van der Waals surface area contributed by atoms with Gasteiger partial charge in [0.25, 0.3) is 0 Å². The number of nitrogens with zero attached hydrogens (tertiary/aromatic N) is 5. The van der Waals surface area contributed by atoms with E-state index in [1.165, 1.54) is 0 Å². The Labute approximate surface area is 185 Å². The van der Waals surface area contributed by atoms with Crippen LogP contribution in [0.4, 0.5) is 0 Å². The Balaban J connectivity index is 1.66. The van der Waals surface area contributed by atoms with Gasteiger partial charge >= 0.3 is 0 Å². The number of aromatic amines is 1. The first-order chi connectivity index (χ1) is 15.5. The second-order valence-electron chi connectivity index (χ2n) is 8.14. The molecule has 0 fully saturated rings. The first-order valence-electron chi connectivity index (χ1n) is 10.8. The molecule has 166 valence electrons. The molecule has 1 aliphatic heterocycles. The van der Waals surface area contributed by atoms with Crippen LogP contribution in [0.5, 0.6) is 5.88 Å². The second kappa shape index (κ2) is 8.25. The Morgan fingerprint density at radius 1 is 1.28 bits per heavy atom. The number of benzene rings is 1.